The van der Waals surface area contributed by atoms with Crippen molar-refractivity contribution in [2.75, 3.05) is 6.54 Å². The van der Waals surface area contributed by atoms with Gasteiger partial charge in [-0.05, 0) is 43.0 Å². The summed E-state index contributed by atoms with van der Waals surface area (Å²) in [5.41, 5.74) is 0.796. The molecule has 0 heterocycles. The summed E-state index contributed by atoms with van der Waals surface area (Å²) in [5, 5.41) is 3.22. The van der Waals surface area contributed by atoms with Crippen molar-refractivity contribution in [1.29, 1.82) is 0 Å². The van der Waals surface area contributed by atoms with Crippen LogP contribution >= 0.6 is 0 Å². The Morgan fingerprint density at radius 2 is 2.00 bits per heavy atom. The number of benzene rings is 1. The van der Waals surface area contributed by atoms with E-state index in [-0.39, 0.29) is 0 Å². The topological polar surface area (TPSA) is 12.0 Å². The van der Waals surface area contributed by atoms with Crippen molar-refractivity contribution in [2.24, 2.45) is 5.92 Å². The molecule has 0 aromatic heterocycles. The Morgan fingerprint density at radius 3 is 2.64 bits per heavy atom. The third-order valence-corrected chi connectivity index (χ3v) is 2.44. The second-order valence-corrected chi connectivity index (χ2v) is 3.82. The van der Waals surface area contributed by atoms with Crippen molar-refractivity contribution >= 4 is 0 Å². The maximum Gasteiger partial charge on any atom is 0.159 e. The second kappa shape index (κ2) is 4.05. The zero-order valence-corrected chi connectivity index (χ0v) is 7.89. The molecule has 14 heavy (non-hydrogen) atoms. The van der Waals surface area contributed by atoms with Crippen LogP contribution in [0.3, 0.4) is 0 Å². The van der Waals surface area contributed by atoms with Gasteiger partial charge in [0.1, 0.15) is 0 Å². The van der Waals surface area contributed by atoms with Gasteiger partial charge in [-0.3, -0.25) is 0 Å². The first-order chi connectivity index (χ1) is 6.75. The summed E-state index contributed by atoms with van der Waals surface area (Å²) < 4.78 is 25.3. The first-order valence-electron chi connectivity index (χ1n) is 4.90. The minimum Gasteiger partial charge on any atom is -0.312 e. The Bertz CT molecular complexity index is 321. The standard InChI is InChI=1S/C11H13F2N/c12-10-4-3-9(5-11(10)13)7-14-6-8-1-2-8/h3-5,8,14H,1-2,6-7H2. The van der Waals surface area contributed by atoms with Crippen LogP contribution in [0.2, 0.25) is 0 Å². The van der Waals surface area contributed by atoms with Crippen molar-refractivity contribution in [3.8, 4) is 0 Å². The molecule has 1 N–H and O–H groups in total. The van der Waals surface area contributed by atoms with Gasteiger partial charge in [-0.2, -0.15) is 0 Å². The van der Waals surface area contributed by atoms with Gasteiger partial charge in [0.25, 0.3) is 0 Å². The number of nitrogens with one attached hydrogen (secondary N) is 1. The summed E-state index contributed by atoms with van der Waals surface area (Å²) >= 11 is 0. The zero-order valence-electron chi connectivity index (χ0n) is 7.89. The summed E-state index contributed by atoms with van der Waals surface area (Å²) in [6.07, 6.45) is 2.59. The van der Waals surface area contributed by atoms with E-state index in [1.165, 1.54) is 25.0 Å². The van der Waals surface area contributed by atoms with Gasteiger partial charge >= 0.3 is 0 Å². The molecule has 0 atom stereocenters. The highest BCUT2D eigenvalue weighted by Gasteiger charge is 2.20. The van der Waals surface area contributed by atoms with Gasteiger partial charge in [0.15, 0.2) is 11.6 Å². The lowest BCUT2D eigenvalue weighted by Gasteiger charge is -2.03. The van der Waals surface area contributed by atoms with Crippen molar-refractivity contribution in [3.63, 3.8) is 0 Å². The van der Waals surface area contributed by atoms with E-state index < -0.39 is 11.6 Å². The Hall–Kier alpha value is -0.960. The Morgan fingerprint density at radius 1 is 1.21 bits per heavy atom. The third-order valence-electron chi connectivity index (χ3n) is 2.44. The van der Waals surface area contributed by atoms with E-state index in [1.54, 1.807) is 6.07 Å². The SMILES string of the molecule is Fc1ccc(CNCC2CC2)cc1F. The summed E-state index contributed by atoms with van der Waals surface area (Å²) in [5.74, 6) is -0.744. The van der Waals surface area contributed by atoms with E-state index in [0.29, 0.717) is 6.54 Å². The summed E-state index contributed by atoms with van der Waals surface area (Å²) in [6, 6.07) is 4.02. The van der Waals surface area contributed by atoms with Gasteiger partial charge in [0.05, 0.1) is 0 Å². The molecule has 1 aliphatic rings. The average Bonchev–Trinajstić information content (AvgIpc) is 2.95. The van der Waals surface area contributed by atoms with Crippen LogP contribution in [0.4, 0.5) is 8.78 Å². The summed E-state index contributed by atoms with van der Waals surface area (Å²) in [6.45, 7) is 1.60. The molecule has 1 fully saturated rings. The predicted molar refractivity (Wildman–Crippen MR) is 50.8 cm³/mol. The van der Waals surface area contributed by atoms with E-state index >= 15 is 0 Å². The van der Waals surface area contributed by atoms with E-state index in [2.05, 4.69) is 5.32 Å². The van der Waals surface area contributed by atoms with Crippen LogP contribution in [0.5, 0.6) is 0 Å². The van der Waals surface area contributed by atoms with Crippen molar-refractivity contribution in [2.45, 2.75) is 19.4 Å². The molecule has 1 aromatic carbocycles. The normalized spacial score (nSPS) is 15.9. The first kappa shape index (κ1) is 9.59. The molecule has 0 bridgehead atoms. The van der Waals surface area contributed by atoms with Crippen LogP contribution in [-0.2, 0) is 6.54 Å². The lowest BCUT2D eigenvalue weighted by molar-refractivity contribution is 0.505. The molecule has 0 spiro atoms. The minimum absolute atomic E-state index is 0.619. The van der Waals surface area contributed by atoms with Crippen LogP contribution in [0.15, 0.2) is 18.2 Å². The Labute approximate surface area is 82.1 Å². The molecule has 1 aliphatic carbocycles. The summed E-state index contributed by atoms with van der Waals surface area (Å²) in [4.78, 5) is 0. The molecule has 1 nitrogen and oxygen atoms in total. The van der Waals surface area contributed by atoms with E-state index in [4.69, 9.17) is 0 Å². The minimum atomic E-state index is -0.782. The van der Waals surface area contributed by atoms with Gasteiger partial charge in [-0.15, -0.1) is 0 Å². The molecule has 0 aliphatic heterocycles. The van der Waals surface area contributed by atoms with Crippen LogP contribution in [0.25, 0.3) is 0 Å². The number of hydrogen-bond donors (Lipinski definition) is 1. The quantitative estimate of drug-likeness (QED) is 0.781. The van der Waals surface area contributed by atoms with E-state index in [0.717, 1.165) is 18.0 Å². The van der Waals surface area contributed by atoms with Crippen LogP contribution in [-0.4, -0.2) is 6.54 Å². The highest BCUT2D eigenvalue weighted by atomic mass is 19.2. The molecule has 0 unspecified atom stereocenters. The fraction of sp³-hybridized carbons (Fsp3) is 0.455. The lowest BCUT2D eigenvalue weighted by atomic mass is 10.2. The van der Waals surface area contributed by atoms with Crippen LogP contribution < -0.4 is 5.32 Å². The first-order valence-corrected chi connectivity index (χ1v) is 4.90. The monoisotopic (exact) mass is 197 g/mol. The molecule has 3 heteroatoms. The average molecular weight is 197 g/mol. The molecule has 2 rings (SSSR count). The molecular weight excluding hydrogens is 184 g/mol. The maximum absolute atomic E-state index is 12.8. The molecule has 0 amide bonds. The highest BCUT2D eigenvalue weighted by Crippen LogP contribution is 2.27. The van der Waals surface area contributed by atoms with Gasteiger partial charge in [-0.1, -0.05) is 6.07 Å². The molecule has 1 saturated carbocycles. The number of rotatable bonds is 4. The molecule has 0 saturated heterocycles. The predicted octanol–water partition coefficient (Wildman–Crippen LogP) is 2.46. The maximum atomic E-state index is 12.8. The van der Waals surface area contributed by atoms with Crippen LogP contribution in [0, 0.1) is 17.6 Å². The van der Waals surface area contributed by atoms with Gasteiger partial charge < -0.3 is 5.32 Å². The van der Waals surface area contributed by atoms with Crippen molar-refractivity contribution in [1.82, 2.24) is 5.32 Å². The van der Waals surface area contributed by atoms with Gasteiger partial charge in [0, 0.05) is 6.54 Å². The highest BCUT2D eigenvalue weighted by molar-refractivity contribution is 5.17. The van der Waals surface area contributed by atoms with Crippen molar-refractivity contribution in [3.05, 3.63) is 35.4 Å². The Balaban J connectivity index is 1.85. The fourth-order valence-electron chi connectivity index (χ4n) is 1.39. The Kier molecular flexibility index (Phi) is 2.77. The zero-order chi connectivity index (χ0) is 9.97. The van der Waals surface area contributed by atoms with E-state index in [1.807, 2.05) is 0 Å². The van der Waals surface area contributed by atoms with Crippen molar-refractivity contribution < 1.29 is 8.78 Å². The second-order valence-electron chi connectivity index (χ2n) is 3.82. The number of hydrogen-bond acceptors (Lipinski definition) is 1. The molecule has 1 aromatic rings. The largest absolute Gasteiger partial charge is 0.312 e. The van der Waals surface area contributed by atoms with Gasteiger partial charge in [-0.25, -0.2) is 8.78 Å². The fourth-order valence-corrected chi connectivity index (χ4v) is 1.39. The molecular formula is C11H13F2N. The lowest BCUT2D eigenvalue weighted by Crippen LogP contribution is -2.16. The summed E-state index contributed by atoms with van der Waals surface area (Å²) in [7, 11) is 0. The molecule has 0 radical (unpaired) electrons. The van der Waals surface area contributed by atoms with Crippen LogP contribution in [0.1, 0.15) is 18.4 Å². The smallest absolute Gasteiger partial charge is 0.159 e. The number of halogens is 2. The van der Waals surface area contributed by atoms with E-state index in [9.17, 15) is 8.78 Å². The van der Waals surface area contributed by atoms with Gasteiger partial charge in [0.2, 0.25) is 0 Å². The third kappa shape index (κ3) is 2.51. The molecule has 76 valence electrons.